The van der Waals surface area contributed by atoms with Gasteiger partial charge in [-0.25, -0.2) is 0 Å². The summed E-state index contributed by atoms with van der Waals surface area (Å²) in [6.45, 7) is 1.51. The number of nitriles is 1. The predicted octanol–water partition coefficient (Wildman–Crippen LogP) is 4.24. The van der Waals surface area contributed by atoms with Gasteiger partial charge >= 0.3 is 0 Å². The SMILES string of the molecule is COc1cc(C=C(C#N)C(=O)NCC2CCCO2)cc(Br)c1OCc1ccccc1. The smallest absolute Gasteiger partial charge is 0.262 e. The lowest BCUT2D eigenvalue weighted by atomic mass is 10.1. The van der Waals surface area contributed by atoms with Crippen LogP contribution in [0.3, 0.4) is 0 Å². The number of amides is 1. The zero-order valence-corrected chi connectivity index (χ0v) is 18.3. The molecular weight excluding hydrogens is 448 g/mol. The summed E-state index contributed by atoms with van der Waals surface area (Å²) in [4.78, 5) is 12.4. The predicted molar refractivity (Wildman–Crippen MR) is 117 cm³/mol. The number of carbonyl (C=O) groups is 1. The van der Waals surface area contributed by atoms with Crippen molar-refractivity contribution >= 4 is 27.9 Å². The van der Waals surface area contributed by atoms with Crippen molar-refractivity contribution in [2.24, 2.45) is 0 Å². The van der Waals surface area contributed by atoms with Gasteiger partial charge in [0.15, 0.2) is 11.5 Å². The van der Waals surface area contributed by atoms with E-state index in [0.29, 0.717) is 41.3 Å². The third-order valence-electron chi connectivity index (χ3n) is 4.67. The van der Waals surface area contributed by atoms with Gasteiger partial charge in [-0.15, -0.1) is 0 Å². The Morgan fingerprint density at radius 3 is 2.83 bits per heavy atom. The van der Waals surface area contributed by atoms with Crippen LogP contribution in [-0.4, -0.2) is 32.3 Å². The molecule has 0 aliphatic carbocycles. The summed E-state index contributed by atoms with van der Waals surface area (Å²) in [5, 5.41) is 12.2. The van der Waals surface area contributed by atoms with Crippen molar-refractivity contribution in [2.45, 2.75) is 25.6 Å². The Morgan fingerprint density at radius 2 is 2.17 bits per heavy atom. The summed E-state index contributed by atoms with van der Waals surface area (Å²) in [6, 6.07) is 15.3. The highest BCUT2D eigenvalue weighted by Crippen LogP contribution is 2.37. The normalized spacial score (nSPS) is 16.0. The Labute approximate surface area is 184 Å². The van der Waals surface area contributed by atoms with Gasteiger partial charge in [0.2, 0.25) is 0 Å². The first kappa shape index (κ1) is 21.9. The van der Waals surface area contributed by atoms with Crippen LogP contribution in [0.25, 0.3) is 6.08 Å². The fourth-order valence-corrected chi connectivity index (χ4v) is 3.69. The molecule has 7 heteroatoms. The number of benzene rings is 2. The first-order valence-corrected chi connectivity index (χ1v) is 10.5. The van der Waals surface area contributed by atoms with Crippen LogP contribution in [0.15, 0.2) is 52.5 Å². The molecule has 156 valence electrons. The highest BCUT2D eigenvalue weighted by Gasteiger charge is 2.18. The summed E-state index contributed by atoms with van der Waals surface area (Å²) in [7, 11) is 1.55. The Bertz CT molecular complexity index is 948. The van der Waals surface area contributed by atoms with E-state index in [4.69, 9.17) is 14.2 Å². The topological polar surface area (TPSA) is 80.6 Å². The molecule has 2 aromatic rings. The maximum absolute atomic E-state index is 12.4. The number of halogens is 1. The molecule has 6 nitrogen and oxygen atoms in total. The third-order valence-corrected chi connectivity index (χ3v) is 5.26. The molecular formula is C23H23BrN2O4. The lowest BCUT2D eigenvalue weighted by Crippen LogP contribution is -2.32. The van der Waals surface area contributed by atoms with E-state index in [1.165, 1.54) is 6.08 Å². The number of ether oxygens (including phenoxy) is 3. The van der Waals surface area contributed by atoms with E-state index in [1.54, 1.807) is 19.2 Å². The number of methoxy groups -OCH3 is 1. The minimum atomic E-state index is -0.424. The monoisotopic (exact) mass is 470 g/mol. The molecule has 1 fully saturated rings. The summed E-state index contributed by atoms with van der Waals surface area (Å²) in [5.74, 6) is 0.635. The minimum absolute atomic E-state index is 0.0138. The van der Waals surface area contributed by atoms with Gasteiger partial charge in [-0.05, 0) is 58.1 Å². The largest absolute Gasteiger partial charge is 0.493 e. The van der Waals surface area contributed by atoms with Gasteiger partial charge in [-0.3, -0.25) is 4.79 Å². The molecule has 1 amide bonds. The molecule has 1 unspecified atom stereocenters. The van der Waals surface area contributed by atoms with Crippen molar-refractivity contribution < 1.29 is 19.0 Å². The second-order valence-corrected chi connectivity index (χ2v) is 7.68. The molecule has 0 bridgehead atoms. The molecule has 1 heterocycles. The van der Waals surface area contributed by atoms with Crippen molar-refractivity contribution in [1.82, 2.24) is 5.32 Å². The Balaban J connectivity index is 1.73. The van der Waals surface area contributed by atoms with Crippen LogP contribution in [0.2, 0.25) is 0 Å². The molecule has 1 saturated heterocycles. The molecule has 1 N–H and O–H groups in total. The fraction of sp³-hybridized carbons (Fsp3) is 0.304. The van der Waals surface area contributed by atoms with Gasteiger partial charge in [-0.1, -0.05) is 30.3 Å². The maximum atomic E-state index is 12.4. The van der Waals surface area contributed by atoms with E-state index in [1.807, 2.05) is 36.4 Å². The molecule has 0 spiro atoms. The van der Waals surface area contributed by atoms with E-state index in [-0.39, 0.29) is 11.7 Å². The minimum Gasteiger partial charge on any atom is -0.493 e. The van der Waals surface area contributed by atoms with E-state index in [9.17, 15) is 10.1 Å². The standard InChI is InChI=1S/C23H23BrN2O4/c1-28-21-12-17(10-18(13-25)23(27)26-14-19-8-5-9-29-19)11-20(24)22(21)30-15-16-6-3-2-4-7-16/h2-4,6-7,10-12,19H,5,8-9,14-15H2,1H3,(H,26,27). The van der Waals surface area contributed by atoms with Crippen LogP contribution in [-0.2, 0) is 16.1 Å². The molecule has 0 radical (unpaired) electrons. The Hall–Kier alpha value is -2.82. The van der Waals surface area contributed by atoms with Crippen molar-refractivity contribution in [1.29, 1.82) is 5.26 Å². The molecule has 30 heavy (non-hydrogen) atoms. The zero-order chi connectivity index (χ0) is 21.3. The van der Waals surface area contributed by atoms with Gasteiger partial charge in [0, 0.05) is 13.2 Å². The van der Waals surface area contributed by atoms with Gasteiger partial charge in [0.05, 0.1) is 17.7 Å². The number of hydrogen-bond donors (Lipinski definition) is 1. The van der Waals surface area contributed by atoms with Crippen LogP contribution in [0.5, 0.6) is 11.5 Å². The fourth-order valence-electron chi connectivity index (χ4n) is 3.12. The number of nitrogens with zero attached hydrogens (tertiary/aromatic N) is 1. The van der Waals surface area contributed by atoms with Crippen molar-refractivity contribution in [3.63, 3.8) is 0 Å². The number of rotatable bonds is 8. The third kappa shape index (κ3) is 5.85. The molecule has 0 saturated carbocycles. The Kier molecular flexibility index (Phi) is 7.89. The van der Waals surface area contributed by atoms with Gasteiger partial charge in [-0.2, -0.15) is 5.26 Å². The first-order chi connectivity index (χ1) is 14.6. The molecule has 1 atom stereocenters. The first-order valence-electron chi connectivity index (χ1n) is 9.66. The zero-order valence-electron chi connectivity index (χ0n) is 16.7. The van der Waals surface area contributed by atoms with Crippen LogP contribution in [0, 0.1) is 11.3 Å². The van der Waals surface area contributed by atoms with E-state index < -0.39 is 5.91 Å². The Morgan fingerprint density at radius 1 is 1.37 bits per heavy atom. The van der Waals surface area contributed by atoms with Crippen molar-refractivity contribution in [2.75, 3.05) is 20.3 Å². The number of carbonyl (C=O) groups excluding carboxylic acids is 1. The summed E-state index contributed by atoms with van der Waals surface area (Å²) in [5.41, 5.74) is 1.69. The van der Waals surface area contributed by atoms with Crippen molar-refractivity contribution in [3.05, 3.63) is 63.6 Å². The van der Waals surface area contributed by atoms with Gasteiger partial charge in [0.1, 0.15) is 18.2 Å². The average molecular weight is 471 g/mol. The lowest BCUT2D eigenvalue weighted by Gasteiger charge is -2.14. The highest BCUT2D eigenvalue weighted by atomic mass is 79.9. The molecule has 1 aliphatic heterocycles. The highest BCUT2D eigenvalue weighted by molar-refractivity contribution is 9.10. The molecule has 3 rings (SSSR count). The summed E-state index contributed by atoms with van der Waals surface area (Å²) in [6.07, 6.45) is 3.46. The van der Waals surface area contributed by atoms with E-state index in [0.717, 1.165) is 18.4 Å². The average Bonchev–Trinajstić information content (AvgIpc) is 3.29. The number of nitrogens with one attached hydrogen (secondary N) is 1. The van der Waals surface area contributed by atoms with Gasteiger partial charge < -0.3 is 19.5 Å². The van der Waals surface area contributed by atoms with Crippen molar-refractivity contribution in [3.8, 4) is 17.6 Å². The maximum Gasteiger partial charge on any atom is 0.262 e. The second kappa shape index (κ2) is 10.8. The van der Waals surface area contributed by atoms with Crippen LogP contribution < -0.4 is 14.8 Å². The van der Waals surface area contributed by atoms with Crippen LogP contribution in [0.4, 0.5) is 0 Å². The van der Waals surface area contributed by atoms with E-state index >= 15 is 0 Å². The quantitative estimate of drug-likeness (QED) is 0.460. The van der Waals surface area contributed by atoms with Crippen LogP contribution >= 0.6 is 15.9 Å². The summed E-state index contributed by atoms with van der Waals surface area (Å²) >= 11 is 3.50. The van der Waals surface area contributed by atoms with E-state index in [2.05, 4.69) is 21.2 Å². The molecule has 2 aromatic carbocycles. The second-order valence-electron chi connectivity index (χ2n) is 6.82. The van der Waals surface area contributed by atoms with Crippen LogP contribution in [0.1, 0.15) is 24.0 Å². The lowest BCUT2D eigenvalue weighted by molar-refractivity contribution is -0.117. The van der Waals surface area contributed by atoms with Gasteiger partial charge in [0.25, 0.3) is 5.91 Å². The number of hydrogen-bond acceptors (Lipinski definition) is 5. The molecule has 1 aliphatic rings. The summed E-state index contributed by atoms with van der Waals surface area (Å²) < 4.78 is 17.5. The molecule has 0 aromatic heterocycles.